The first-order valence-electron chi connectivity index (χ1n) is 11.3. The van der Waals surface area contributed by atoms with Crippen LogP contribution in [0.1, 0.15) is 90.3 Å². The molecule has 3 rings (SSSR count). The van der Waals surface area contributed by atoms with Gasteiger partial charge < -0.3 is 14.6 Å². The molecule has 2 atom stereocenters. The van der Waals surface area contributed by atoms with Crippen LogP contribution >= 0.6 is 0 Å². The first-order chi connectivity index (χ1) is 14.8. The van der Waals surface area contributed by atoms with Gasteiger partial charge in [-0.15, -0.1) is 0 Å². The largest absolute Gasteiger partial charge is 0.460 e. The second-order valence-electron chi connectivity index (χ2n) is 10.9. The third-order valence-electron chi connectivity index (χ3n) is 5.48. The molecule has 0 spiro atoms. The molecular formula is C24H36N4O4. The third kappa shape index (κ3) is 6.43. The number of carbonyl (C=O) groups excluding carboxylic acids is 2. The summed E-state index contributed by atoms with van der Waals surface area (Å²) in [5, 5.41) is 11.7. The summed E-state index contributed by atoms with van der Waals surface area (Å²) in [4.78, 5) is 24.8. The van der Waals surface area contributed by atoms with Gasteiger partial charge in [0, 0.05) is 24.5 Å². The van der Waals surface area contributed by atoms with Crippen LogP contribution in [0.3, 0.4) is 0 Å². The third-order valence-corrected chi connectivity index (χ3v) is 5.48. The highest BCUT2D eigenvalue weighted by molar-refractivity contribution is 5.91. The Morgan fingerprint density at radius 2 is 1.91 bits per heavy atom. The zero-order chi connectivity index (χ0) is 23.7. The second-order valence-corrected chi connectivity index (χ2v) is 10.9. The van der Waals surface area contributed by atoms with Crippen LogP contribution < -0.4 is 5.32 Å². The van der Waals surface area contributed by atoms with Crippen molar-refractivity contribution in [2.24, 2.45) is 5.92 Å². The minimum Gasteiger partial charge on any atom is -0.460 e. The van der Waals surface area contributed by atoms with Crippen LogP contribution in [0.15, 0.2) is 16.7 Å². The van der Waals surface area contributed by atoms with Crippen molar-refractivity contribution >= 4 is 17.7 Å². The van der Waals surface area contributed by atoms with Crippen molar-refractivity contribution in [1.82, 2.24) is 14.9 Å². The predicted molar refractivity (Wildman–Crippen MR) is 121 cm³/mol. The summed E-state index contributed by atoms with van der Waals surface area (Å²) in [6.45, 7) is 13.7. The number of nitrogens with one attached hydrogen (secondary N) is 1. The molecule has 0 radical (unpaired) electrons. The van der Waals surface area contributed by atoms with Crippen LogP contribution in [0.2, 0.25) is 0 Å². The van der Waals surface area contributed by atoms with E-state index in [0.29, 0.717) is 23.9 Å². The zero-order valence-electron chi connectivity index (χ0n) is 20.3. The maximum absolute atomic E-state index is 12.6. The Morgan fingerprint density at radius 1 is 1.19 bits per heavy atom. The number of ether oxygens (including phenoxy) is 1. The van der Waals surface area contributed by atoms with Crippen molar-refractivity contribution in [2.75, 3.05) is 5.32 Å². The Bertz CT molecular complexity index is 962. The van der Waals surface area contributed by atoms with Crippen molar-refractivity contribution < 1.29 is 18.8 Å². The van der Waals surface area contributed by atoms with Crippen LogP contribution in [-0.2, 0) is 26.3 Å². The fraction of sp³-hybridized carbons (Fsp3) is 0.667. The number of anilines is 1. The topological polar surface area (TPSA) is 99.2 Å². The molecule has 1 N–H and O–H groups in total. The first kappa shape index (κ1) is 24.0. The number of rotatable bonds is 6. The molecule has 1 aliphatic carbocycles. The average Bonchev–Trinajstić information content (AvgIpc) is 3.33. The van der Waals surface area contributed by atoms with Gasteiger partial charge in [-0.05, 0) is 73.6 Å². The lowest BCUT2D eigenvalue weighted by atomic mass is 9.99. The lowest BCUT2D eigenvalue weighted by molar-refractivity contribution is -0.155. The Kier molecular flexibility index (Phi) is 6.81. The van der Waals surface area contributed by atoms with Crippen LogP contribution in [0.4, 0.5) is 5.82 Å². The molecule has 1 amide bonds. The Balaban J connectivity index is 1.68. The number of amides is 1. The van der Waals surface area contributed by atoms with E-state index in [2.05, 4.69) is 31.2 Å². The smallest absolute Gasteiger partial charge is 0.306 e. The maximum Gasteiger partial charge on any atom is 0.306 e. The molecule has 0 bridgehead atoms. The van der Waals surface area contributed by atoms with E-state index in [4.69, 9.17) is 14.4 Å². The summed E-state index contributed by atoms with van der Waals surface area (Å²) in [5.74, 6) is 1.44. The fourth-order valence-corrected chi connectivity index (χ4v) is 4.19. The van der Waals surface area contributed by atoms with Gasteiger partial charge in [0.05, 0.1) is 23.3 Å². The van der Waals surface area contributed by atoms with Gasteiger partial charge in [0.1, 0.15) is 17.2 Å². The molecule has 8 heteroatoms. The number of nitrogens with zero attached hydrogens (tertiary/aromatic N) is 3. The molecule has 0 saturated heterocycles. The number of aryl methyl sites for hydroxylation is 1. The van der Waals surface area contributed by atoms with E-state index >= 15 is 0 Å². The SMILES string of the molecule is Cc1cc(CC(=O)Nc2cc(C3CCC(CC(=O)OC(C)(C)C)C3)nn2C(C)(C)C)on1. The van der Waals surface area contributed by atoms with Gasteiger partial charge in [-0.1, -0.05) is 5.16 Å². The molecule has 1 aliphatic rings. The van der Waals surface area contributed by atoms with E-state index in [0.717, 1.165) is 30.7 Å². The molecule has 176 valence electrons. The standard InChI is InChI=1S/C24H36N4O4/c1-15-10-18(32-27-15)13-21(29)25-20-14-19(26-28(20)23(2,3)4)17-9-8-16(11-17)12-22(30)31-24(5,6)7/h10,14,16-17H,8-9,11-13H2,1-7H3,(H,25,29). The molecule has 1 fully saturated rings. The van der Waals surface area contributed by atoms with Crippen LogP contribution in [0, 0.1) is 12.8 Å². The molecule has 32 heavy (non-hydrogen) atoms. The number of hydrogen-bond donors (Lipinski definition) is 1. The summed E-state index contributed by atoms with van der Waals surface area (Å²) in [5.41, 5.74) is 0.949. The van der Waals surface area contributed by atoms with Gasteiger partial charge in [0.2, 0.25) is 5.91 Å². The van der Waals surface area contributed by atoms with Gasteiger partial charge >= 0.3 is 5.97 Å². The normalized spacial score (nSPS) is 19.2. The summed E-state index contributed by atoms with van der Waals surface area (Å²) in [7, 11) is 0. The van der Waals surface area contributed by atoms with Gasteiger partial charge in [0.15, 0.2) is 0 Å². The monoisotopic (exact) mass is 444 g/mol. The van der Waals surface area contributed by atoms with Crippen molar-refractivity contribution in [2.45, 2.75) is 97.6 Å². The van der Waals surface area contributed by atoms with Crippen LogP contribution in [-0.4, -0.2) is 32.4 Å². The molecule has 2 heterocycles. The lowest BCUT2D eigenvalue weighted by Gasteiger charge is -2.22. The molecule has 2 aromatic heterocycles. The average molecular weight is 445 g/mol. The van der Waals surface area contributed by atoms with Gasteiger partial charge in [-0.25, -0.2) is 4.68 Å². The minimum atomic E-state index is -0.460. The summed E-state index contributed by atoms with van der Waals surface area (Å²) in [6.07, 6.45) is 3.39. The van der Waals surface area contributed by atoms with Gasteiger partial charge in [0.25, 0.3) is 0 Å². The van der Waals surface area contributed by atoms with E-state index in [1.807, 2.05) is 38.4 Å². The number of esters is 1. The maximum atomic E-state index is 12.6. The molecule has 0 aromatic carbocycles. The van der Waals surface area contributed by atoms with E-state index in [-0.39, 0.29) is 29.8 Å². The van der Waals surface area contributed by atoms with Gasteiger partial charge in [-0.3, -0.25) is 9.59 Å². The van der Waals surface area contributed by atoms with Crippen molar-refractivity contribution in [3.8, 4) is 0 Å². The minimum absolute atomic E-state index is 0.118. The summed E-state index contributed by atoms with van der Waals surface area (Å²) >= 11 is 0. The predicted octanol–water partition coefficient (Wildman–Crippen LogP) is 4.73. The quantitative estimate of drug-likeness (QED) is 0.647. The van der Waals surface area contributed by atoms with E-state index in [1.54, 1.807) is 6.07 Å². The lowest BCUT2D eigenvalue weighted by Crippen LogP contribution is -2.27. The summed E-state index contributed by atoms with van der Waals surface area (Å²) in [6, 6.07) is 3.73. The molecule has 2 aromatic rings. The second kappa shape index (κ2) is 9.08. The van der Waals surface area contributed by atoms with E-state index in [1.165, 1.54) is 0 Å². The van der Waals surface area contributed by atoms with E-state index < -0.39 is 5.60 Å². The molecule has 1 saturated carbocycles. The van der Waals surface area contributed by atoms with E-state index in [9.17, 15) is 9.59 Å². The first-order valence-corrected chi connectivity index (χ1v) is 11.3. The highest BCUT2D eigenvalue weighted by Crippen LogP contribution is 2.41. The molecule has 0 aliphatic heterocycles. The highest BCUT2D eigenvalue weighted by atomic mass is 16.6. The molecular weight excluding hydrogens is 408 g/mol. The summed E-state index contributed by atoms with van der Waals surface area (Å²) < 4.78 is 12.5. The Hall–Kier alpha value is -2.64. The van der Waals surface area contributed by atoms with Crippen molar-refractivity contribution in [3.63, 3.8) is 0 Å². The Morgan fingerprint density at radius 3 is 2.50 bits per heavy atom. The van der Waals surface area contributed by atoms with Gasteiger partial charge in [-0.2, -0.15) is 5.10 Å². The number of carbonyl (C=O) groups is 2. The molecule has 8 nitrogen and oxygen atoms in total. The molecule has 2 unspecified atom stereocenters. The van der Waals surface area contributed by atoms with Crippen LogP contribution in [0.25, 0.3) is 0 Å². The van der Waals surface area contributed by atoms with Crippen molar-refractivity contribution in [1.29, 1.82) is 0 Å². The van der Waals surface area contributed by atoms with Crippen LogP contribution in [0.5, 0.6) is 0 Å². The fourth-order valence-electron chi connectivity index (χ4n) is 4.19. The number of aromatic nitrogens is 3. The zero-order valence-corrected chi connectivity index (χ0v) is 20.3. The van der Waals surface area contributed by atoms with Crippen molar-refractivity contribution in [3.05, 3.63) is 29.3 Å². The number of hydrogen-bond acceptors (Lipinski definition) is 6. The Labute approximate surface area is 190 Å². The highest BCUT2D eigenvalue weighted by Gasteiger charge is 2.32.